The molecule has 1 fully saturated rings. The highest BCUT2D eigenvalue weighted by Gasteiger charge is 2.19. The zero-order valence-corrected chi connectivity index (χ0v) is 13.3. The Morgan fingerprint density at radius 2 is 2.09 bits per heavy atom. The maximum Gasteiger partial charge on any atom is 0.226 e. The van der Waals surface area contributed by atoms with E-state index < -0.39 is 5.82 Å². The van der Waals surface area contributed by atoms with Crippen LogP contribution in [0.3, 0.4) is 0 Å². The Hall–Kier alpha value is -1.57. The summed E-state index contributed by atoms with van der Waals surface area (Å²) in [6.07, 6.45) is 0.216. The average molecular weight is 335 g/mol. The third-order valence-corrected chi connectivity index (χ3v) is 3.18. The standard InChI is InChI=1S/C14H19FN2O4.ClH/c1-19-12-6-10(15)11(7-13(12)20-2)17-14(18)5-9-8-21-4-3-16-9;/h6-7,9,16H,3-5,8H2,1-2H3,(H,17,18);1H. The van der Waals surface area contributed by atoms with Gasteiger partial charge in [0.1, 0.15) is 0 Å². The van der Waals surface area contributed by atoms with Gasteiger partial charge in [-0.25, -0.2) is 4.39 Å². The van der Waals surface area contributed by atoms with Crippen LogP contribution in [0.1, 0.15) is 6.42 Å². The predicted octanol–water partition coefficient (Wildman–Crippen LogP) is 1.58. The molecule has 1 atom stereocenters. The van der Waals surface area contributed by atoms with Gasteiger partial charge in [-0.1, -0.05) is 0 Å². The van der Waals surface area contributed by atoms with E-state index >= 15 is 0 Å². The van der Waals surface area contributed by atoms with E-state index in [4.69, 9.17) is 14.2 Å². The molecule has 22 heavy (non-hydrogen) atoms. The molecule has 1 saturated heterocycles. The first kappa shape index (κ1) is 18.5. The van der Waals surface area contributed by atoms with Crippen molar-refractivity contribution >= 4 is 24.0 Å². The van der Waals surface area contributed by atoms with Gasteiger partial charge in [0.25, 0.3) is 0 Å². The van der Waals surface area contributed by atoms with Crippen molar-refractivity contribution in [2.45, 2.75) is 12.5 Å². The molecule has 0 aromatic heterocycles. The third kappa shape index (κ3) is 4.72. The number of carbonyl (C=O) groups excluding carboxylic acids is 1. The molecule has 0 saturated carbocycles. The molecule has 8 heteroatoms. The zero-order chi connectivity index (χ0) is 15.2. The van der Waals surface area contributed by atoms with E-state index in [1.165, 1.54) is 26.4 Å². The van der Waals surface area contributed by atoms with Crippen LogP contribution in [-0.4, -0.2) is 45.9 Å². The lowest BCUT2D eigenvalue weighted by atomic mass is 10.2. The summed E-state index contributed by atoms with van der Waals surface area (Å²) in [4.78, 5) is 11.9. The first-order valence-electron chi connectivity index (χ1n) is 6.66. The van der Waals surface area contributed by atoms with Crippen LogP contribution in [0.4, 0.5) is 10.1 Å². The van der Waals surface area contributed by atoms with Gasteiger partial charge in [0.2, 0.25) is 5.91 Å². The van der Waals surface area contributed by atoms with Crippen molar-refractivity contribution < 1.29 is 23.4 Å². The fraction of sp³-hybridized carbons (Fsp3) is 0.500. The highest BCUT2D eigenvalue weighted by atomic mass is 35.5. The van der Waals surface area contributed by atoms with Crippen LogP contribution in [0.25, 0.3) is 0 Å². The first-order chi connectivity index (χ1) is 10.1. The fourth-order valence-corrected chi connectivity index (χ4v) is 2.13. The summed E-state index contributed by atoms with van der Waals surface area (Å²) in [6.45, 7) is 1.83. The Balaban J connectivity index is 0.00000242. The summed E-state index contributed by atoms with van der Waals surface area (Å²) in [5.41, 5.74) is 0.0642. The molecule has 124 valence electrons. The molecule has 1 aliphatic heterocycles. The molecule has 2 rings (SSSR count). The second kappa shape index (κ2) is 8.77. The van der Waals surface area contributed by atoms with Gasteiger partial charge in [-0.3, -0.25) is 4.79 Å². The Morgan fingerprint density at radius 1 is 1.41 bits per heavy atom. The van der Waals surface area contributed by atoms with Gasteiger partial charge in [-0.05, 0) is 0 Å². The van der Waals surface area contributed by atoms with Crippen molar-refractivity contribution in [1.29, 1.82) is 0 Å². The molecule has 1 amide bonds. The Kier molecular flexibility index (Phi) is 7.37. The summed E-state index contributed by atoms with van der Waals surface area (Å²) >= 11 is 0. The maximum atomic E-state index is 13.9. The maximum absolute atomic E-state index is 13.9. The molecule has 0 radical (unpaired) electrons. The highest BCUT2D eigenvalue weighted by Crippen LogP contribution is 2.32. The van der Waals surface area contributed by atoms with Crippen LogP contribution >= 0.6 is 12.4 Å². The van der Waals surface area contributed by atoms with E-state index in [9.17, 15) is 9.18 Å². The molecular weight excluding hydrogens is 315 g/mol. The number of halogens is 2. The fourth-order valence-electron chi connectivity index (χ4n) is 2.13. The van der Waals surface area contributed by atoms with Gasteiger partial charge < -0.3 is 24.8 Å². The van der Waals surface area contributed by atoms with Gasteiger partial charge in [0.15, 0.2) is 17.3 Å². The number of hydrogen-bond donors (Lipinski definition) is 2. The molecule has 2 N–H and O–H groups in total. The summed E-state index contributed by atoms with van der Waals surface area (Å²) in [6, 6.07) is 2.52. The SMILES string of the molecule is COc1cc(F)c(NC(=O)CC2COCCN2)cc1OC.Cl. The lowest BCUT2D eigenvalue weighted by Gasteiger charge is -2.23. The molecule has 1 aromatic rings. The van der Waals surface area contributed by atoms with Gasteiger partial charge in [0.05, 0.1) is 33.1 Å². The van der Waals surface area contributed by atoms with E-state index in [1.54, 1.807) is 0 Å². The highest BCUT2D eigenvalue weighted by molar-refractivity contribution is 5.91. The van der Waals surface area contributed by atoms with Crippen molar-refractivity contribution in [1.82, 2.24) is 5.32 Å². The Morgan fingerprint density at radius 3 is 2.68 bits per heavy atom. The number of morpholine rings is 1. The summed E-state index contributed by atoms with van der Waals surface area (Å²) in [5.74, 6) is -0.235. The minimum atomic E-state index is -0.575. The quantitative estimate of drug-likeness (QED) is 0.855. The lowest BCUT2D eigenvalue weighted by Crippen LogP contribution is -2.43. The smallest absolute Gasteiger partial charge is 0.226 e. The summed E-state index contributed by atoms with van der Waals surface area (Å²) in [7, 11) is 2.87. The van der Waals surface area contributed by atoms with Gasteiger partial charge >= 0.3 is 0 Å². The van der Waals surface area contributed by atoms with E-state index in [1.807, 2.05) is 0 Å². The van der Waals surface area contributed by atoms with Crippen molar-refractivity contribution in [3.63, 3.8) is 0 Å². The Labute approximate surface area is 134 Å². The third-order valence-electron chi connectivity index (χ3n) is 3.18. The van der Waals surface area contributed by atoms with Gasteiger partial charge in [-0.15, -0.1) is 12.4 Å². The van der Waals surface area contributed by atoms with Crippen molar-refractivity contribution in [2.75, 3.05) is 39.3 Å². The van der Waals surface area contributed by atoms with E-state index in [-0.39, 0.29) is 42.2 Å². The normalized spacial score (nSPS) is 17.3. The number of carbonyl (C=O) groups is 1. The van der Waals surface area contributed by atoms with Crippen molar-refractivity contribution in [3.8, 4) is 11.5 Å². The van der Waals surface area contributed by atoms with Crippen LogP contribution in [0, 0.1) is 5.82 Å². The molecule has 1 aliphatic rings. The molecule has 1 heterocycles. The first-order valence-corrected chi connectivity index (χ1v) is 6.66. The van der Waals surface area contributed by atoms with Crippen LogP contribution in [-0.2, 0) is 9.53 Å². The molecule has 0 aliphatic carbocycles. The molecule has 0 bridgehead atoms. The second-order valence-corrected chi connectivity index (χ2v) is 4.67. The number of rotatable bonds is 5. The van der Waals surface area contributed by atoms with Crippen LogP contribution in [0.2, 0.25) is 0 Å². The number of methoxy groups -OCH3 is 2. The molecular formula is C14H20ClFN2O4. The number of nitrogens with one attached hydrogen (secondary N) is 2. The second-order valence-electron chi connectivity index (χ2n) is 4.67. The number of anilines is 1. The molecule has 1 aromatic carbocycles. The minimum Gasteiger partial charge on any atom is -0.493 e. The van der Waals surface area contributed by atoms with Crippen LogP contribution in [0.5, 0.6) is 11.5 Å². The minimum absolute atomic E-state index is 0. The molecule has 1 unspecified atom stereocenters. The lowest BCUT2D eigenvalue weighted by molar-refractivity contribution is -0.117. The van der Waals surface area contributed by atoms with E-state index in [0.29, 0.717) is 25.5 Å². The molecule has 0 spiro atoms. The number of ether oxygens (including phenoxy) is 3. The van der Waals surface area contributed by atoms with Crippen LogP contribution < -0.4 is 20.1 Å². The topological polar surface area (TPSA) is 68.8 Å². The number of benzene rings is 1. The number of hydrogen-bond acceptors (Lipinski definition) is 5. The van der Waals surface area contributed by atoms with Gasteiger partial charge in [-0.2, -0.15) is 0 Å². The van der Waals surface area contributed by atoms with Crippen LogP contribution in [0.15, 0.2) is 12.1 Å². The average Bonchev–Trinajstić information content (AvgIpc) is 2.49. The summed E-state index contributed by atoms with van der Waals surface area (Å²) < 4.78 is 29.3. The Bertz CT molecular complexity index is 510. The van der Waals surface area contributed by atoms with Gasteiger partial charge in [0, 0.05) is 31.1 Å². The van der Waals surface area contributed by atoms with Crippen molar-refractivity contribution in [3.05, 3.63) is 17.9 Å². The summed E-state index contributed by atoms with van der Waals surface area (Å²) in [5, 5.41) is 5.71. The predicted molar refractivity (Wildman–Crippen MR) is 82.6 cm³/mol. The monoisotopic (exact) mass is 334 g/mol. The zero-order valence-electron chi connectivity index (χ0n) is 12.5. The van der Waals surface area contributed by atoms with E-state index in [0.717, 1.165) is 0 Å². The van der Waals surface area contributed by atoms with Crippen molar-refractivity contribution in [2.24, 2.45) is 0 Å². The number of amides is 1. The largest absolute Gasteiger partial charge is 0.493 e. The van der Waals surface area contributed by atoms with E-state index in [2.05, 4.69) is 10.6 Å². The molecule has 6 nitrogen and oxygen atoms in total.